The van der Waals surface area contributed by atoms with E-state index in [0.717, 1.165) is 36.4 Å². The van der Waals surface area contributed by atoms with Crippen LogP contribution in [0.4, 0.5) is 0 Å². The number of hydrogen-bond donors (Lipinski definition) is 0. The van der Waals surface area contributed by atoms with Crippen LogP contribution < -0.4 is 9.47 Å². The van der Waals surface area contributed by atoms with Crippen LogP contribution in [-0.4, -0.2) is 31.6 Å². The van der Waals surface area contributed by atoms with Crippen LogP contribution in [0.15, 0.2) is 42.5 Å². The maximum Gasteiger partial charge on any atom is 0.223 e. The average Bonchev–Trinajstić information content (AvgIpc) is 3.16. The fraction of sp³-hybridized carbons (Fsp3) is 0.409. The monoisotopic (exact) mass is 353 g/mol. The molecule has 0 N–H and O–H groups in total. The summed E-state index contributed by atoms with van der Waals surface area (Å²) in [6, 6.07) is 14.5. The lowest BCUT2D eigenvalue weighted by Gasteiger charge is -2.25. The van der Waals surface area contributed by atoms with Crippen LogP contribution in [0.1, 0.15) is 42.0 Å². The summed E-state index contributed by atoms with van der Waals surface area (Å²) in [6.07, 6.45) is 3.23. The van der Waals surface area contributed by atoms with Crippen LogP contribution in [0.3, 0.4) is 0 Å². The SMILES string of the molecule is COc1ccc(OC)c(CCC(=O)N2CCC[C@@H]2c2ccc(C)cc2)c1. The lowest BCUT2D eigenvalue weighted by atomic mass is 10.0. The Morgan fingerprint density at radius 2 is 1.88 bits per heavy atom. The maximum absolute atomic E-state index is 12.9. The van der Waals surface area contributed by atoms with Crippen molar-refractivity contribution < 1.29 is 14.3 Å². The third-order valence-electron chi connectivity index (χ3n) is 5.13. The summed E-state index contributed by atoms with van der Waals surface area (Å²) in [6.45, 7) is 2.93. The second-order valence-corrected chi connectivity index (χ2v) is 6.83. The van der Waals surface area contributed by atoms with Gasteiger partial charge in [-0.05, 0) is 55.5 Å². The smallest absolute Gasteiger partial charge is 0.223 e. The molecule has 0 unspecified atom stereocenters. The van der Waals surface area contributed by atoms with Crippen molar-refractivity contribution in [3.63, 3.8) is 0 Å². The summed E-state index contributed by atoms with van der Waals surface area (Å²) in [5, 5.41) is 0. The van der Waals surface area contributed by atoms with Gasteiger partial charge < -0.3 is 14.4 Å². The summed E-state index contributed by atoms with van der Waals surface area (Å²) in [5.41, 5.74) is 3.49. The van der Waals surface area contributed by atoms with Gasteiger partial charge in [-0.3, -0.25) is 4.79 Å². The summed E-state index contributed by atoms with van der Waals surface area (Å²) in [5.74, 6) is 1.79. The zero-order chi connectivity index (χ0) is 18.5. The molecule has 0 bridgehead atoms. The summed E-state index contributed by atoms with van der Waals surface area (Å²) in [4.78, 5) is 14.9. The third kappa shape index (κ3) is 4.01. The highest BCUT2D eigenvalue weighted by Crippen LogP contribution is 2.33. The number of carbonyl (C=O) groups excluding carboxylic acids is 1. The van der Waals surface area contributed by atoms with E-state index in [2.05, 4.69) is 31.2 Å². The van der Waals surface area contributed by atoms with Crippen LogP contribution in [0, 0.1) is 6.92 Å². The lowest BCUT2D eigenvalue weighted by Crippen LogP contribution is -2.30. The number of carbonyl (C=O) groups is 1. The predicted octanol–water partition coefficient (Wildman–Crippen LogP) is 4.31. The molecule has 1 aliphatic rings. The van der Waals surface area contributed by atoms with Crippen LogP contribution in [0.5, 0.6) is 11.5 Å². The number of amides is 1. The fourth-order valence-corrected chi connectivity index (χ4v) is 3.66. The van der Waals surface area contributed by atoms with Gasteiger partial charge in [0.15, 0.2) is 0 Å². The molecule has 1 amide bonds. The minimum absolute atomic E-state index is 0.204. The molecule has 0 spiro atoms. The zero-order valence-corrected chi connectivity index (χ0v) is 15.8. The van der Waals surface area contributed by atoms with Crippen molar-refractivity contribution in [3.05, 3.63) is 59.2 Å². The average molecular weight is 353 g/mol. The molecule has 1 aliphatic heterocycles. The molecule has 2 aromatic rings. The first-order valence-corrected chi connectivity index (χ1v) is 9.19. The first-order valence-electron chi connectivity index (χ1n) is 9.19. The fourth-order valence-electron chi connectivity index (χ4n) is 3.66. The first-order chi connectivity index (χ1) is 12.6. The molecular formula is C22H27NO3. The van der Waals surface area contributed by atoms with Gasteiger partial charge in [-0.25, -0.2) is 0 Å². The van der Waals surface area contributed by atoms with E-state index < -0.39 is 0 Å². The van der Waals surface area contributed by atoms with Gasteiger partial charge in [-0.15, -0.1) is 0 Å². The van der Waals surface area contributed by atoms with Gasteiger partial charge in [0.25, 0.3) is 0 Å². The number of benzene rings is 2. The molecule has 0 saturated carbocycles. The number of rotatable bonds is 6. The van der Waals surface area contributed by atoms with E-state index in [4.69, 9.17) is 9.47 Å². The van der Waals surface area contributed by atoms with Gasteiger partial charge in [0.1, 0.15) is 11.5 Å². The topological polar surface area (TPSA) is 38.8 Å². The highest BCUT2D eigenvalue weighted by molar-refractivity contribution is 5.77. The highest BCUT2D eigenvalue weighted by atomic mass is 16.5. The Bertz CT molecular complexity index is 754. The minimum atomic E-state index is 0.204. The third-order valence-corrected chi connectivity index (χ3v) is 5.13. The largest absolute Gasteiger partial charge is 0.497 e. The van der Waals surface area contributed by atoms with Crippen LogP contribution in [0.25, 0.3) is 0 Å². The Morgan fingerprint density at radius 3 is 2.58 bits per heavy atom. The quantitative estimate of drug-likeness (QED) is 0.777. The minimum Gasteiger partial charge on any atom is -0.497 e. The van der Waals surface area contributed by atoms with Gasteiger partial charge in [-0.1, -0.05) is 29.8 Å². The van der Waals surface area contributed by atoms with E-state index in [9.17, 15) is 4.79 Å². The maximum atomic E-state index is 12.9. The number of aryl methyl sites for hydroxylation is 2. The van der Waals surface area contributed by atoms with Gasteiger partial charge >= 0.3 is 0 Å². The highest BCUT2D eigenvalue weighted by Gasteiger charge is 2.29. The number of methoxy groups -OCH3 is 2. The molecule has 3 rings (SSSR count). The van der Waals surface area contributed by atoms with Crippen molar-refractivity contribution in [2.75, 3.05) is 20.8 Å². The van der Waals surface area contributed by atoms with E-state index in [0.29, 0.717) is 12.8 Å². The number of likely N-dealkylation sites (tertiary alicyclic amines) is 1. The van der Waals surface area contributed by atoms with Crippen molar-refractivity contribution in [2.24, 2.45) is 0 Å². The molecule has 138 valence electrons. The van der Waals surface area contributed by atoms with Crippen molar-refractivity contribution in [1.29, 1.82) is 0 Å². The molecule has 1 fully saturated rings. The van der Waals surface area contributed by atoms with Crippen molar-refractivity contribution in [3.8, 4) is 11.5 Å². The van der Waals surface area contributed by atoms with Gasteiger partial charge in [0.2, 0.25) is 5.91 Å². The predicted molar refractivity (Wildman–Crippen MR) is 103 cm³/mol. The molecular weight excluding hydrogens is 326 g/mol. The molecule has 26 heavy (non-hydrogen) atoms. The number of nitrogens with zero attached hydrogens (tertiary/aromatic N) is 1. The van der Waals surface area contributed by atoms with Gasteiger partial charge in [0, 0.05) is 13.0 Å². The van der Waals surface area contributed by atoms with E-state index in [1.54, 1.807) is 14.2 Å². The second-order valence-electron chi connectivity index (χ2n) is 6.83. The standard InChI is InChI=1S/C22H27NO3/c1-16-6-8-17(9-7-16)20-5-4-14-23(20)22(24)13-10-18-15-19(25-2)11-12-21(18)26-3/h6-9,11-12,15,20H,4-5,10,13-14H2,1-3H3/t20-/m1/s1. The Labute approximate surface area is 155 Å². The number of hydrogen-bond acceptors (Lipinski definition) is 3. The lowest BCUT2D eigenvalue weighted by molar-refractivity contribution is -0.132. The van der Waals surface area contributed by atoms with E-state index in [1.807, 2.05) is 23.1 Å². The summed E-state index contributed by atoms with van der Waals surface area (Å²) in [7, 11) is 3.30. The Balaban J connectivity index is 1.68. The number of ether oxygens (including phenoxy) is 2. The molecule has 1 heterocycles. The molecule has 0 aromatic heterocycles. The summed E-state index contributed by atoms with van der Waals surface area (Å²) >= 11 is 0. The zero-order valence-electron chi connectivity index (χ0n) is 15.8. The molecule has 1 saturated heterocycles. The van der Waals surface area contributed by atoms with Crippen molar-refractivity contribution >= 4 is 5.91 Å². The van der Waals surface area contributed by atoms with E-state index >= 15 is 0 Å². The molecule has 2 aromatic carbocycles. The van der Waals surface area contributed by atoms with Crippen molar-refractivity contribution in [1.82, 2.24) is 4.90 Å². The van der Waals surface area contributed by atoms with Crippen LogP contribution in [0.2, 0.25) is 0 Å². The Hall–Kier alpha value is -2.49. The second kappa shape index (κ2) is 8.26. The van der Waals surface area contributed by atoms with E-state index in [-0.39, 0.29) is 11.9 Å². The van der Waals surface area contributed by atoms with Gasteiger partial charge in [-0.2, -0.15) is 0 Å². The Kier molecular flexibility index (Phi) is 5.82. The molecule has 4 nitrogen and oxygen atoms in total. The van der Waals surface area contributed by atoms with Crippen LogP contribution >= 0.6 is 0 Å². The molecule has 1 atom stereocenters. The molecule has 0 radical (unpaired) electrons. The van der Waals surface area contributed by atoms with E-state index in [1.165, 1.54) is 11.1 Å². The normalized spacial score (nSPS) is 16.6. The molecule has 0 aliphatic carbocycles. The van der Waals surface area contributed by atoms with Crippen molar-refractivity contribution in [2.45, 2.75) is 38.6 Å². The van der Waals surface area contributed by atoms with Crippen LogP contribution in [-0.2, 0) is 11.2 Å². The molecule has 4 heteroatoms. The van der Waals surface area contributed by atoms with Gasteiger partial charge in [0.05, 0.1) is 20.3 Å². The first kappa shape index (κ1) is 18.3. The Morgan fingerprint density at radius 1 is 1.12 bits per heavy atom. The summed E-state index contributed by atoms with van der Waals surface area (Å²) < 4.78 is 10.7.